The van der Waals surface area contributed by atoms with Crippen molar-refractivity contribution in [3.05, 3.63) is 0 Å². The lowest BCUT2D eigenvalue weighted by Gasteiger charge is -2.20. The van der Waals surface area contributed by atoms with E-state index in [1.54, 1.807) is 0 Å². The van der Waals surface area contributed by atoms with E-state index in [-0.39, 0.29) is 38.4 Å². The molecule has 0 fully saturated rings. The van der Waals surface area contributed by atoms with Gasteiger partial charge < -0.3 is 24.8 Å². The molecule has 0 saturated carbocycles. The van der Waals surface area contributed by atoms with Crippen molar-refractivity contribution in [3.63, 3.8) is 0 Å². The molecule has 0 aromatic rings. The van der Waals surface area contributed by atoms with Crippen molar-refractivity contribution in [1.82, 2.24) is 5.32 Å². The third-order valence-corrected chi connectivity index (χ3v) is 12.4. The largest absolute Gasteiger partial charge is 0.481 e. The molecule has 0 saturated heterocycles. The number of nitrogens with one attached hydrogen (secondary N) is 1. The van der Waals surface area contributed by atoms with E-state index in [2.05, 4.69) is 19.2 Å². The topological polar surface area (TPSA) is 158 Å². The molecule has 0 radical (unpaired) electrons. The summed E-state index contributed by atoms with van der Waals surface area (Å²) < 4.78 is 34.1. The van der Waals surface area contributed by atoms with Crippen molar-refractivity contribution in [2.24, 2.45) is 0 Å². The van der Waals surface area contributed by atoms with Gasteiger partial charge in [0.25, 0.3) is 0 Å². The van der Waals surface area contributed by atoms with Crippen LogP contribution in [0.5, 0.6) is 0 Å². The molecule has 3 N–H and O–H groups in total. The average molecular weight is 890 g/mol. The van der Waals surface area contributed by atoms with Gasteiger partial charge in [-0.3, -0.25) is 23.4 Å². The maximum atomic E-state index is 12.8. The Hall–Kier alpha value is -1.52. The van der Waals surface area contributed by atoms with Gasteiger partial charge >= 0.3 is 25.7 Å². The van der Waals surface area contributed by atoms with Crippen LogP contribution in [-0.2, 0) is 37.5 Å². The monoisotopic (exact) mass is 890 g/mol. The van der Waals surface area contributed by atoms with Crippen molar-refractivity contribution >= 4 is 25.7 Å². The fourth-order valence-corrected chi connectivity index (χ4v) is 8.28. The number of hydrogen-bond acceptors (Lipinski definition) is 9. The van der Waals surface area contributed by atoms with Gasteiger partial charge in [0.05, 0.1) is 13.2 Å². The molecule has 12 heteroatoms. The number of rotatable bonds is 50. The number of ether oxygens (including phenoxy) is 2. The van der Waals surface area contributed by atoms with Crippen molar-refractivity contribution in [2.45, 2.75) is 264 Å². The van der Waals surface area contributed by atoms with E-state index in [0.717, 1.165) is 83.6 Å². The molecule has 2 atom stereocenters. The average Bonchev–Trinajstić information content (AvgIpc) is 3.23. The lowest BCUT2D eigenvalue weighted by molar-refractivity contribution is -0.161. The zero-order valence-electron chi connectivity index (χ0n) is 39.6. The molecule has 0 rings (SSSR count). The van der Waals surface area contributed by atoms with E-state index < -0.39 is 32.5 Å². The van der Waals surface area contributed by atoms with E-state index >= 15 is 0 Å². The van der Waals surface area contributed by atoms with Crippen LogP contribution in [0, 0.1) is 0 Å². The Morgan fingerprint density at radius 2 is 0.820 bits per heavy atom. The molecular weight excluding hydrogens is 794 g/mol. The molecule has 0 aliphatic rings. The zero-order chi connectivity index (χ0) is 44.8. The highest BCUT2D eigenvalue weighted by molar-refractivity contribution is 7.47. The number of phosphoric ester groups is 1. The highest BCUT2D eigenvalue weighted by Crippen LogP contribution is 2.43. The quantitative estimate of drug-likeness (QED) is 0.0303. The van der Waals surface area contributed by atoms with E-state index in [1.807, 2.05) is 0 Å². The number of esters is 2. The first-order valence-corrected chi connectivity index (χ1v) is 27.1. The second kappa shape index (κ2) is 46.5. The molecule has 0 aromatic heterocycles. The smallest absolute Gasteiger partial charge is 0.472 e. The molecule has 11 nitrogen and oxygen atoms in total. The molecule has 0 heterocycles. The summed E-state index contributed by atoms with van der Waals surface area (Å²) in [5, 5.41) is 11.9. The number of phosphoric acid groups is 1. The molecule has 61 heavy (non-hydrogen) atoms. The summed E-state index contributed by atoms with van der Waals surface area (Å²) in [6, 6.07) is 0. The van der Waals surface area contributed by atoms with Gasteiger partial charge in [-0.25, -0.2) is 4.57 Å². The lowest BCUT2D eigenvalue weighted by Crippen LogP contribution is -2.29. The van der Waals surface area contributed by atoms with Gasteiger partial charge in [0.2, 0.25) is 0 Å². The summed E-state index contributed by atoms with van der Waals surface area (Å²) in [6.07, 6.45) is 40.9. The van der Waals surface area contributed by atoms with Gasteiger partial charge in [-0.05, 0) is 32.2 Å². The number of aliphatic carboxylic acids is 1. The summed E-state index contributed by atoms with van der Waals surface area (Å²) in [7, 11) is -4.42. The third kappa shape index (κ3) is 47.8. The minimum Gasteiger partial charge on any atom is -0.481 e. The number of unbranched alkanes of at least 4 members (excludes halogenated alkanes) is 32. The van der Waals surface area contributed by atoms with Gasteiger partial charge in [0.1, 0.15) is 6.61 Å². The molecule has 0 bridgehead atoms. The highest BCUT2D eigenvalue weighted by Gasteiger charge is 2.26. The van der Waals surface area contributed by atoms with E-state index in [0.29, 0.717) is 13.0 Å². The fourth-order valence-electron chi connectivity index (χ4n) is 7.53. The van der Waals surface area contributed by atoms with Crippen molar-refractivity contribution in [2.75, 3.05) is 32.9 Å². The summed E-state index contributed by atoms with van der Waals surface area (Å²) in [5.74, 6) is -1.53. The van der Waals surface area contributed by atoms with Crippen molar-refractivity contribution < 1.29 is 47.5 Å². The summed E-state index contributed by atoms with van der Waals surface area (Å²) in [5.41, 5.74) is 0. The summed E-state index contributed by atoms with van der Waals surface area (Å²) >= 11 is 0. The molecule has 0 spiro atoms. The Balaban J connectivity index is 4.42. The first kappa shape index (κ1) is 59.5. The van der Waals surface area contributed by atoms with Crippen molar-refractivity contribution in [3.8, 4) is 0 Å². The Bertz CT molecular complexity index is 1030. The minimum atomic E-state index is -4.42. The standard InChI is InChI=1S/C49H96NO10P/c1-3-5-7-9-11-13-15-17-19-23-27-31-35-39-48(53)57-44-46(60-49(54)40-36-32-28-24-20-18-16-14-12-10-8-6-4-2)45-59-61(55,56)58-43-42-50-41-37-33-29-25-21-22-26-30-34-38-47(51)52/h46,50H,3-45H2,1-2H3,(H,51,52)(H,55,56). The van der Waals surface area contributed by atoms with Crippen LogP contribution in [-0.4, -0.2) is 66.9 Å². The summed E-state index contributed by atoms with van der Waals surface area (Å²) in [4.78, 5) is 46.2. The molecule has 0 aliphatic carbocycles. The Morgan fingerprint density at radius 3 is 1.23 bits per heavy atom. The van der Waals surface area contributed by atoms with Crippen LogP contribution in [0.4, 0.5) is 0 Å². The van der Waals surface area contributed by atoms with Gasteiger partial charge in [-0.2, -0.15) is 0 Å². The van der Waals surface area contributed by atoms with Gasteiger partial charge in [-0.15, -0.1) is 0 Å². The first-order valence-electron chi connectivity index (χ1n) is 25.6. The first-order chi connectivity index (χ1) is 29.7. The predicted molar refractivity (Wildman–Crippen MR) is 250 cm³/mol. The van der Waals surface area contributed by atoms with Gasteiger partial charge in [0.15, 0.2) is 6.10 Å². The number of carboxylic acid groups (broad SMARTS) is 1. The number of carbonyl (C=O) groups is 3. The number of carbonyl (C=O) groups excluding carboxylic acids is 2. The fraction of sp³-hybridized carbons (Fsp3) is 0.939. The van der Waals surface area contributed by atoms with Crippen LogP contribution < -0.4 is 5.32 Å². The van der Waals surface area contributed by atoms with Crippen molar-refractivity contribution in [1.29, 1.82) is 0 Å². The maximum absolute atomic E-state index is 12.8. The second-order valence-electron chi connectivity index (χ2n) is 17.5. The molecule has 0 amide bonds. The number of hydrogen-bond donors (Lipinski definition) is 3. The molecular formula is C49H96NO10P. The SMILES string of the molecule is CCCCCCCCCCCCCCCC(=O)OCC(COP(=O)(O)OCCNCCCCCCCCCCCC(=O)O)OC(=O)CCCCCCCCCCCCCCC. The second-order valence-corrected chi connectivity index (χ2v) is 18.9. The zero-order valence-corrected chi connectivity index (χ0v) is 40.5. The molecule has 0 aliphatic heterocycles. The Kier molecular flexibility index (Phi) is 45.3. The van der Waals surface area contributed by atoms with Crippen LogP contribution in [0.15, 0.2) is 0 Å². The highest BCUT2D eigenvalue weighted by atomic mass is 31.2. The minimum absolute atomic E-state index is 0.0206. The van der Waals surface area contributed by atoms with Crippen LogP contribution in [0.1, 0.15) is 258 Å². The molecule has 362 valence electrons. The van der Waals surface area contributed by atoms with Crippen LogP contribution in [0.2, 0.25) is 0 Å². The Labute approximate surface area is 374 Å². The Morgan fingerprint density at radius 1 is 0.459 bits per heavy atom. The molecule has 2 unspecified atom stereocenters. The van der Waals surface area contributed by atoms with Crippen LogP contribution in [0.25, 0.3) is 0 Å². The van der Waals surface area contributed by atoms with E-state index in [1.165, 1.54) is 141 Å². The number of carboxylic acids is 1. The van der Waals surface area contributed by atoms with Gasteiger partial charge in [-0.1, -0.05) is 213 Å². The maximum Gasteiger partial charge on any atom is 0.472 e. The van der Waals surface area contributed by atoms with Gasteiger partial charge in [0, 0.05) is 25.8 Å². The third-order valence-electron chi connectivity index (χ3n) is 11.4. The van der Waals surface area contributed by atoms with E-state index in [9.17, 15) is 23.8 Å². The summed E-state index contributed by atoms with van der Waals surface area (Å²) in [6.45, 7) is 4.98. The van der Waals surface area contributed by atoms with Crippen LogP contribution >= 0.6 is 7.82 Å². The molecule has 0 aromatic carbocycles. The van der Waals surface area contributed by atoms with E-state index in [4.69, 9.17) is 23.6 Å². The lowest BCUT2D eigenvalue weighted by atomic mass is 10.0. The van der Waals surface area contributed by atoms with Crippen LogP contribution in [0.3, 0.4) is 0 Å². The predicted octanol–water partition coefficient (Wildman–Crippen LogP) is 14.1. The normalized spacial score (nSPS) is 13.0.